The molecule has 2 fully saturated rings. The van der Waals surface area contributed by atoms with Gasteiger partial charge in [0.05, 0.1) is 12.7 Å². The predicted molar refractivity (Wildman–Crippen MR) is 76.2 cm³/mol. The molecular formula is C16H23NO3. The molecule has 0 aromatic heterocycles. The van der Waals surface area contributed by atoms with Gasteiger partial charge in [0.1, 0.15) is 12.4 Å². The molecule has 0 unspecified atom stereocenters. The lowest BCUT2D eigenvalue weighted by atomic mass is 9.74. The molecule has 20 heavy (non-hydrogen) atoms. The van der Waals surface area contributed by atoms with Crippen LogP contribution in [-0.2, 0) is 16.0 Å². The Morgan fingerprint density at radius 3 is 2.70 bits per heavy atom. The molecule has 4 nitrogen and oxygen atoms in total. The van der Waals surface area contributed by atoms with Crippen molar-refractivity contribution in [2.45, 2.75) is 44.1 Å². The summed E-state index contributed by atoms with van der Waals surface area (Å²) in [5.41, 5.74) is 0.682. The molecule has 1 aromatic rings. The second-order valence-electron chi connectivity index (χ2n) is 6.39. The highest BCUT2D eigenvalue weighted by Crippen LogP contribution is 2.43. The zero-order valence-electron chi connectivity index (χ0n) is 12.2. The molecule has 3 rings (SSSR count). The van der Waals surface area contributed by atoms with Crippen LogP contribution in [0, 0.1) is 0 Å². The maximum Gasteiger partial charge on any atom is 0.147 e. The first kappa shape index (κ1) is 14.0. The van der Waals surface area contributed by atoms with Gasteiger partial charge in [0.15, 0.2) is 0 Å². The standard InChI is InChI=1S/C16H23NO3/c1-15(2)16(11-19-12-20-16)8-14(18)10-17(15)9-13-6-4-3-5-7-13/h3-7,14,18H,8-12H2,1-2H3/t14-,16-/m0/s1. The molecule has 0 amide bonds. The van der Waals surface area contributed by atoms with Gasteiger partial charge in [0, 0.05) is 25.0 Å². The van der Waals surface area contributed by atoms with Crippen molar-refractivity contribution < 1.29 is 14.6 Å². The zero-order chi connectivity index (χ0) is 14.2. The van der Waals surface area contributed by atoms with Gasteiger partial charge in [-0.2, -0.15) is 0 Å². The van der Waals surface area contributed by atoms with E-state index in [0.717, 1.165) is 6.54 Å². The van der Waals surface area contributed by atoms with E-state index in [9.17, 15) is 5.11 Å². The minimum Gasteiger partial charge on any atom is -0.392 e. The van der Waals surface area contributed by atoms with Crippen molar-refractivity contribution in [3.05, 3.63) is 35.9 Å². The van der Waals surface area contributed by atoms with Crippen LogP contribution in [-0.4, -0.2) is 47.2 Å². The van der Waals surface area contributed by atoms with E-state index in [2.05, 4.69) is 30.9 Å². The lowest BCUT2D eigenvalue weighted by Gasteiger charge is -2.54. The molecule has 1 N–H and O–H groups in total. The number of ether oxygens (including phenoxy) is 2. The number of aliphatic hydroxyl groups excluding tert-OH is 1. The number of nitrogens with zero attached hydrogens (tertiary/aromatic N) is 1. The van der Waals surface area contributed by atoms with Gasteiger partial charge in [0.25, 0.3) is 0 Å². The maximum atomic E-state index is 10.2. The summed E-state index contributed by atoms with van der Waals surface area (Å²) in [5.74, 6) is 0. The van der Waals surface area contributed by atoms with E-state index < -0.39 is 5.60 Å². The van der Waals surface area contributed by atoms with Crippen molar-refractivity contribution >= 4 is 0 Å². The highest BCUT2D eigenvalue weighted by atomic mass is 16.7. The Bertz CT molecular complexity index is 454. The van der Waals surface area contributed by atoms with Crippen LogP contribution < -0.4 is 0 Å². The number of β-amino-alcohol motifs (C(OH)–C–C–N with tert-alkyl or cyclic N) is 1. The normalized spacial score (nSPS) is 33.6. The van der Waals surface area contributed by atoms with Gasteiger partial charge in [-0.15, -0.1) is 0 Å². The van der Waals surface area contributed by atoms with Gasteiger partial charge in [-0.3, -0.25) is 4.90 Å². The van der Waals surface area contributed by atoms with E-state index in [0.29, 0.717) is 26.4 Å². The van der Waals surface area contributed by atoms with Gasteiger partial charge in [-0.05, 0) is 19.4 Å². The first-order chi connectivity index (χ1) is 9.53. The van der Waals surface area contributed by atoms with Crippen molar-refractivity contribution in [3.63, 3.8) is 0 Å². The van der Waals surface area contributed by atoms with Crippen molar-refractivity contribution in [2.75, 3.05) is 19.9 Å². The third-order valence-corrected chi connectivity index (χ3v) is 4.87. The van der Waals surface area contributed by atoms with Crippen LogP contribution in [0.1, 0.15) is 25.8 Å². The van der Waals surface area contributed by atoms with Crippen LogP contribution in [0.3, 0.4) is 0 Å². The fraction of sp³-hybridized carbons (Fsp3) is 0.625. The average Bonchev–Trinajstić information content (AvgIpc) is 2.87. The molecule has 0 radical (unpaired) electrons. The second-order valence-corrected chi connectivity index (χ2v) is 6.39. The first-order valence-corrected chi connectivity index (χ1v) is 7.22. The van der Waals surface area contributed by atoms with E-state index in [1.54, 1.807) is 0 Å². The highest BCUT2D eigenvalue weighted by Gasteiger charge is 2.56. The highest BCUT2D eigenvalue weighted by molar-refractivity contribution is 5.17. The molecule has 4 heteroatoms. The predicted octanol–water partition coefficient (Wildman–Crippen LogP) is 1.77. The zero-order valence-corrected chi connectivity index (χ0v) is 12.2. The van der Waals surface area contributed by atoms with Crippen LogP contribution in [0.5, 0.6) is 0 Å². The Labute approximate surface area is 120 Å². The molecule has 2 aliphatic heterocycles. The van der Waals surface area contributed by atoms with Gasteiger partial charge in [0.2, 0.25) is 0 Å². The first-order valence-electron chi connectivity index (χ1n) is 7.22. The summed E-state index contributed by atoms with van der Waals surface area (Å²) in [5, 5.41) is 10.2. The number of likely N-dealkylation sites (tertiary alicyclic amines) is 1. The van der Waals surface area contributed by atoms with E-state index in [1.807, 2.05) is 18.2 Å². The van der Waals surface area contributed by atoms with E-state index in [4.69, 9.17) is 9.47 Å². The van der Waals surface area contributed by atoms with Crippen molar-refractivity contribution in [1.82, 2.24) is 4.90 Å². The molecule has 2 aliphatic rings. The lowest BCUT2D eigenvalue weighted by Crippen LogP contribution is -2.68. The minimum absolute atomic E-state index is 0.168. The molecule has 2 heterocycles. The summed E-state index contributed by atoms with van der Waals surface area (Å²) in [7, 11) is 0. The minimum atomic E-state index is -0.403. The second kappa shape index (κ2) is 5.11. The van der Waals surface area contributed by atoms with E-state index in [1.165, 1.54) is 5.56 Å². The Hall–Kier alpha value is -0.940. The molecule has 0 bridgehead atoms. The summed E-state index contributed by atoms with van der Waals surface area (Å²) < 4.78 is 11.4. The smallest absolute Gasteiger partial charge is 0.147 e. The van der Waals surface area contributed by atoms with Crippen molar-refractivity contribution in [1.29, 1.82) is 0 Å². The summed E-state index contributed by atoms with van der Waals surface area (Å²) in [6.45, 7) is 6.76. The third-order valence-electron chi connectivity index (χ3n) is 4.87. The largest absolute Gasteiger partial charge is 0.392 e. The number of benzene rings is 1. The Kier molecular flexibility index (Phi) is 3.58. The molecule has 0 aliphatic carbocycles. The van der Waals surface area contributed by atoms with Gasteiger partial charge >= 0.3 is 0 Å². The van der Waals surface area contributed by atoms with Crippen molar-refractivity contribution in [2.24, 2.45) is 0 Å². The molecule has 0 saturated carbocycles. The van der Waals surface area contributed by atoms with Crippen molar-refractivity contribution in [3.8, 4) is 0 Å². The van der Waals surface area contributed by atoms with Crippen LogP contribution >= 0.6 is 0 Å². The molecule has 1 aromatic carbocycles. The van der Waals surface area contributed by atoms with E-state index >= 15 is 0 Å². The monoisotopic (exact) mass is 277 g/mol. The third kappa shape index (κ3) is 2.27. The molecular weight excluding hydrogens is 254 g/mol. The maximum absolute atomic E-state index is 10.2. The average molecular weight is 277 g/mol. The van der Waals surface area contributed by atoms with Crippen LogP contribution in [0.4, 0.5) is 0 Å². The summed E-state index contributed by atoms with van der Waals surface area (Å²) in [4.78, 5) is 2.31. The Morgan fingerprint density at radius 1 is 1.30 bits per heavy atom. The Balaban J connectivity index is 1.85. The number of hydrogen-bond acceptors (Lipinski definition) is 4. The fourth-order valence-electron chi connectivity index (χ4n) is 3.41. The topological polar surface area (TPSA) is 41.9 Å². The summed E-state index contributed by atoms with van der Waals surface area (Å²) in [6.07, 6.45) is 0.277. The molecule has 110 valence electrons. The quantitative estimate of drug-likeness (QED) is 0.894. The number of hydrogen-bond donors (Lipinski definition) is 1. The van der Waals surface area contributed by atoms with E-state index in [-0.39, 0.29) is 11.6 Å². The number of aliphatic hydroxyl groups is 1. The SMILES string of the molecule is CC1(C)N(Cc2ccccc2)C[C@@H](O)C[C@]12COCO2. The number of rotatable bonds is 2. The molecule has 1 spiro atoms. The lowest BCUT2D eigenvalue weighted by molar-refractivity contribution is -0.165. The van der Waals surface area contributed by atoms with Crippen LogP contribution in [0.2, 0.25) is 0 Å². The fourth-order valence-corrected chi connectivity index (χ4v) is 3.41. The molecule has 2 atom stereocenters. The summed E-state index contributed by atoms with van der Waals surface area (Å²) >= 11 is 0. The van der Waals surface area contributed by atoms with Crippen LogP contribution in [0.25, 0.3) is 0 Å². The van der Waals surface area contributed by atoms with Gasteiger partial charge in [-0.1, -0.05) is 30.3 Å². The summed E-state index contributed by atoms with van der Waals surface area (Å²) in [6, 6.07) is 10.4. The van der Waals surface area contributed by atoms with Crippen LogP contribution in [0.15, 0.2) is 30.3 Å². The van der Waals surface area contributed by atoms with Gasteiger partial charge in [-0.25, -0.2) is 0 Å². The Morgan fingerprint density at radius 2 is 2.05 bits per heavy atom. The number of piperidine rings is 1. The van der Waals surface area contributed by atoms with Gasteiger partial charge < -0.3 is 14.6 Å². The molecule has 2 saturated heterocycles.